The summed E-state index contributed by atoms with van der Waals surface area (Å²) in [4.78, 5) is 28.8. The third kappa shape index (κ3) is 2.63. The van der Waals surface area contributed by atoms with Gasteiger partial charge >= 0.3 is 5.97 Å². The first-order valence-corrected chi connectivity index (χ1v) is 6.71. The zero-order valence-electron chi connectivity index (χ0n) is 11.3. The molecule has 1 aromatic carbocycles. The van der Waals surface area contributed by atoms with Crippen LogP contribution in [0.5, 0.6) is 0 Å². The van der Waals surface area contributed by atoms with Crippen molar-refractivity contribution in [3.05, 3.63) is 59.4 Å². The van der Waals surface area contributed by atoms with Gasteiger partial charge in [-0.2, -0.15) is 0 Å². The quantitative estimate of drug-likeness (QED) is 0.937. The van der Waals surface area contributed by atoms with E-state index < -0.39 is 5.97 Å². The number of fused-ring (bicyclic) bond motifs is 1. The smallest absolute Gasteiger partial charge is 0.337 e. The molecule has 0 radical (unpaired) electrons. The number of carbonyl (C=O) groups excluding carboxylic acids is 1. The monoisotopic (exact) mass is 282 g/mol. The minimum Gasteiger partial charge on any atom is -0.478 e. The summed E-state index contributed by atoms with van der Waals surface area (Å²) in [6, 6.07) is 11.0. The fourth-order valence-corrected chi connectivity index (χ4v) is 2.48. The van der Waals surface area contributed by atoms with E-state index in [9.17, 15) is 9.59 Å². The second-order valence-corrected chi connectivity index (χ2v) is 4.95. The summed E-state index contributed by atoms with van der Waals surface area (Å²) >= 11 is 0. The van der Waals surface area contributed by atoms with Crippen molar-refractivity contribution in [1.29, 1.82) is 0 Å². The van der Waals surface area contributed by atoms with Gasteiger partial charge < -0.3 is 10.0 Å². The molecule has 5 heteroatoms. The zero-order valence-corrected chi connectivity index (χ0v) is 11.3. The van der Waals surface area contributed by atoms with Gasteiger partial charge in [-0.15, -0.1) is 0 Å². The Hall–Kier alpha value is -2.69. The van der Waals surface area contributed by atoms with Crippen LogP contribution in [0.15, 0.2) is 42.6 Å². The summed E-state index contributed by atoms with van der Waals surface area (Å²) in [5.74, 6) is -0.939. The number of carboxylic acids is 1. The highest BCUT2D eigenvalue weighted by Crippen LogP contribution is 2.28. The van der Waals surface area contributed by atoms with E-state index in [1.807, 2.05) is 24.3 Å². The third-order valence-electron chi connectivity index (χ3n) is 3.58. The fraction of sp³-hybridized carbons (Fsp3) is 0.188. The molecular weight excluding hydrogens is 268 g/mol. The van der Waals surface area contributed by atoms with Crippen molar-refractivity contribution in [1.82, 2.24) is 4.98 Å². The molecule has 0 atom stereocenters. The van der Waals surface area contributed by atoms with E-state index in [1.165, 1.54) is 12.3 Å². The summed E-state index contributed by atoms with van der Waals surface area (Å²) < 4.78 is 0. The van der Waals surface area contributed by atoms with Gasteiger partial charge in [0.1, 0.15) is 0 Å². The average Bonchev–Trinajstić information content (AvgIpc) is 2.51. The van der Waals surface area contributed by atoms with Crippen LogP contribution in [0.25, 0.3) is 0 Å². The zero-order chi connectivity index (χ0) is 14.8. The molecule has 1 aliphatic rings. The number of pyridine rings is 1. The highest BCUT2D eigenvalue weighted by atomic mass is 16.4. The number of hydrogen-bond acceptors (Lipinski definition) is 3. The lowest BCUT2D eigenvalue weighted by Crippen LogP contribution is -2.34. The number of amides is 1. The highest BCUT2D eigenvalue weighted by molar-refractivity contribution is 5.96. The van der Waals surface area contributed by atoms with E-state index in [4.69, 9.17) is 5.11 Å². The first-order valence-electron chi connectivity index (χ1n) is 6.71. The second kappa shape index (κ2) is 5.36. The first-order chi connectivity index (χ1) is 10.1. The molecular formula is C16H14N2O3. The van der Waals surface area contributed by atoms with Gasteiger partial charge in [-0.1, -0.05) is 18.2 Å². The molecule has 0 saturated carbocycles. The molecule has 0 unspecified atom stereocenters. The highest BCUT2D eigenvalue weighted by Gasteiger charge is 2.24. The SMILES string of the molecule is O=C(O)c1ccc(CN2C(=O)CCc3ccccc32)nc1. The predicted molar refractivity (Wildman–Crippen MR) is 77.1 cm³/mol. The maximum atomic E-state index is 12.1. The number of anilines is 1. The molecule has 0 aliphatic carbocycles. The molecule has 106 valence electrons. The standard InChI is InChI=1S/C16H14N2O3/c19-15-8-6-11-3-1-2-4-14(11)18(15)10-13-7-5-12(9-17-13)16(20)21/h1-5,7,9H,6,8,10H2,(H,20,21). The molecule has 1 aliphatic heterocycles. The van der Waals surface area contributed by atoms with Gasteiger partial charge in [-0.3, -0.25) is 9.78 Å². The summed E-state index contributed by atoms with van der Waals surface area (Å²) in [6.45, 7) is 0.357. The van der Waals surface area contributed by atoms with Crippen molar-refractivity contribution in [2.75, 3.05) is 4.90 Å². The summed E-state index contributed by atoms with van der Waals surface area (Å²) in [5, 5.41) is 8.86. The number of hydrogen-bond donors (Lipinski definition) is 1. The van der Waals surface area contributed by atoms with Crippen LogP contribution in [0.3, 0.4) is 0 Å². The topological polar surface area (TPSA) is 70.5 Å². The van der Waals surface area contributed by atoms with E-state index in [0.717, 1.165) is 17.7 Å². The van der Waals surface area contributed by atoms with Crippen LogP contribution in [0.4, 0.5) is 5.69 Å². The Morgan fingerprint density at radius 3 is 2.71 bits per heavy atom. The van der Waals surface area contributed by atoms with Gasteiger partial charge in [0.2, 0.25) is 5.91 Å². The summed E-state index contributed by atoms with van der Waals surface area (Å²) in [5.41, 5.74) is 2.88. The minimum atomic E-state index is -1.01. The Balaban J connectivity index is 1.87. The number of aromatic nitrogens is 1. The molecule has 0 spiro atoms. The molecule has 0 saturated heterocycles. The lowest BCUT2D eigenvalue weighted by atomic mass is 10.0. The van der Waals surface area contributed by atoms with Crippen LogP contribution in [0, 0.1) is 0 Å². The Labute approximate surface area is 121 Å². The molecule has 2 aromatic rings. The average molecular weight is 282 g/mol. The number of carbonyl (C=O) groups is 2. The van der Waals surface area contributed by atoms with Crippen molar-refractivity contribution in [2.45, 2.75) is 19.4 Å². The van der Waals surface area contributed by atoms with Gasteiger partial charge in [0, 0.05) is 18.3 Å². The van der Waals surface area contributed by atoms with Crippen LogP contribution in [0.1, 0.15) is 28.0 Å². The van der Waals surface area contributed by atoms with E-state index in [1.54, 1.807) is 11.0 Å². The lowest BCUT2D eigenvalue weighted by molar-refractivity contribution is -0.119. The molecule has 0 bridgehead atoms. The van der Waals surface area contributed by atoms with Crippen molar-refractivity contribution in [2.24, 2.45) is 0 Å². The maximum Gasteiger partial charge on any atom is 0.337 e. The third-order valence-corrected chi connectivity index (χ3v) is 3.58. The van der Waals surface area contributed by atoms with E-state index in [-0.39, 0.29) is 11.5 Å². The van der Waals surface area contributed by atoms with Gasteiger partial charge in [-0.05, 0) is 30.2 Å². The van der Waals surface area contributed by atoms with Gasteiger partial charge in [-0.25, -0.2) is 4.79 Å². The molecule has 1 amide bonds. The largest absolute Gasteiger partial charge is 0.478 e. The number of para-hydroxylation sites is 1. The molecule has 21 heavy (non-hydrogen) atoms. The van der Waals surface area contributed by atoms with Crippen LogP contribution < -0.4 is 4.90 Å². The molecule has 5 nitrogen and oxygen atoms in total. The lowest BCUT2D eigenvalue weighted by Gasteiger charge is -2.29. The van der Waals surface area contributed by atoms with Gasteiger partial charge in [0.25, 0.3) is 0 Å². The predicted octanol–water partition coefficient (Wildman–Crippen LogP) is 2.26. The molecule has 1 aromatic heterocycles. The molecule has 2 heterocycles. The van der Waals surface area contributed by atoms with E-state index in [2.05, 4.69) is 4.98 Å². The normalized spacial score (nSPS) is 13.9. The van der Waals surface area contributed by atoms with Crippen LogP contribution >= 0.6 is 0 Å². The van der Waals surface area contributed by atoms with Gasteiger partial charge in [0.05, 0.1) is 17.8 Å². The Morgan fingerprint density at radius 1 is 1.19 bits per heavy atom. The number of carboxylic acid groups (broad SMARTS) is 1. The molecule has 1 N–H and O–H groups in total. The van der Waals surface area contributed by atoms with Crippen LogP contribution in [-0.4, -0.2) is 22.0 Å². The Bertz CT molecular complexity index is 695. The minimum absolute atomic E-state index is 0.0674. The van der Waals surface area contributed by atoms with Gasteiger partial charge in [0.15, 0.2) is 0 Å². The summed E-state index contributed by atoms with van der Waals surface area (Å²) in [7, 11) is 0. The van der Waals surface area contributed by atoms with Crippen molar-refractivity contribution in [3.63, 3.8) is 0 Å². The number of rotatable bonds is 3. The number of aromatic carboxylic acids is 1. The molecule has 0 fully saturated rings. The fourth-order valence-electron chi connectivity index (χ4n) is 2.48. The van der Waals surface area contributed by atoms with Crippen molar-refractivity contribution < 1.29 is 14.7 Å². The Kier molecular flexibility index (Phi) is 3.39. The second-order valence-electron chi connectivity index (χ2n) is 4.95. The summed E-state index contributed by atoms with van der Waals surface area (Å²) in [6.07, 6.45) is 2.57. The van der Waals surface area contributed by atoms with Crippen molar-refractivity contribution in [3.8, 4) is 0 Å². The number of nitrogens with zero attached hydrogens (tertiary/aromatic N) is 2. The first kappa shape index (κ1) is 13.3. The maximum absolute atomic E-state index is 12.1. The number of aryl methyl sites for hydroxylation is 1. The van der Waals surface area contributed by atoms with Crippen LogP contribution in [-0.2, 0) is 17.8 Å². The van der Waals surface area contributed by atoms with Crippen molar-refractivity contribution >= 4 is 17.6 Å². The van der Waals surface area contributed by atoms with Crippen LogP contribution in [0.2, 0.25) is 0 Å². The molecule has 3 rings (SSSR count). The Morgan fingerprint density at radius 2 is 2.00 bits per heavy atom. The van der Waals surface area contributed by atoms with E-state index >= 15 is 0 Å². The van der Waals surface area contributed by atoms with E-state index in [0.29, 0.717) is 18.7 Å². The number of benzene rings is 1.